The maximum Gasteiger partial charge on any atom is 0.223 e. The van der Waals surface area contributed by atoms with Crippen LogP contribution in [0.4, 0.5) is 0 Å². The van der Waals surface area contributed by atoms with Gasteiger partial charge >= 0.3 is 0 Å². The number of carbonyl (C=O) groups excluding carboxylic acids is 1. The summed E-state index contributed by atoms with van der Waals surface area (Å²) in [6, 6.07) is 6.20. The molecule has 0 aromatic heterocycles. The molecule has 108 valence electrons. The van der Waals surface area contributed by atoms with Gasteiger partial charge in [-0.3, -0.25) is 4.79 Å². The van der Waals surface area contributed by atoms with Gasteiger partial charge in [0.2, 0.25) is 5.91 Å². The number of ether oxygens (including phenoxy) is 1. The second kappa shape index (κ2) is 6.12. The summed E-state index contributed by atoms with van der Waals surface area (Å²) in [6.45, 7) is 11.2. The predicted molar refractivity (Wildman–Crippen MR) is 80.9 cm³/mol. The Bertz CT molecular complexity index is 489. The average molecular weight is 273 g/mol. The molecule has 3 heteroatoms. The number of amides is 1. The van der Waals surface area contributed by atoms with Crippen molar-refractivity contribution in [3.05, 3.63) is 42.0 Å². The molecule has 3 nitrogen and oxygen atoms in total. The van der Waals surface area contributed by atoms with Crippen LogP contribution in [0.5, 0.6) is 5.75 Å². The summed E-state index contributed by atoms with van der Waals surface area (Å²) in [5.41, 5.74) is 2.27. The minimum absolute atomic E-state index is 0.0893. The van der Waals surface area contributed by atoms with Crippen LogP contribution in [0.25, 0.3) is 0 Å². The Morgan fingerprint density at radius 2 is 2.10 bits per heavy atom. The summed E-state index contributed by atoms with van der Waals surface area (Å²) in [7, 11) is 0. The number of likely N-dealkylation sites (tertiary alicyclic amines) is 1. The number of carbonyl (C=O) groups is 1. The lowest BCUT2D eigenvalue weighted by molar-refractivity contribution is -0.129. The molecule has 1 fully saturated rings. The van der Waals surface area contributed by atoms with Crippen LogP contribution in [0, 0.1) is 19.8 Å². The van der Waals surface area contributed by atoms with E-state index in [1.165, 1.54) is 0 Å². The van der Waals surface area contributed by atoms with Crippen molar-refractivity contribution in [1.82, 2.24) is 4.90 Å². The van der Waals surface area contributed by atoms with E-state index >= 15 is 0 Å². The molecule has 1 aromatic carbocycles. The highest BCUT2D eigenvalue weighted by Crippen LogP contribution is 2.24. The van der Waals surface area contributed by atoms with E-state index in [1.807, 2.05) is 49.9 Å². The highest BCUT2D eigenvalue weighted by Gasteiger charge is 2.31. The first-order chi connectivity index (χ1) is 9.52. The van der Waals surface area contributed by atoms with E-state index in [2.05, 4.69) is 6.58 Å². The molecule has 1 saturated heterocycles. The standard InChI is InChI=1S/C17H23NO2/c1-5-15-9-16(19)18(10-15)14(4)11-20-17-12(2)7-6-8-13(17)3/h5-8,14-15H,1,9-11H2,2-4H3. The van der Waals surface area contributed by atoms with Crippen LogP contribution in [0.15, 0.2) is 30.9 Å². The molecule has 0 radical (unpaired) electrons. The second-order valence-electron chi connectivity index (χ2n) is 5.63. The molecule has 1 heterocycles. The molecule has 0 N–H and O–H groups in total. The van der Waals surface area contributed by atoms with Gasteiger partial charge in [0.1, 0.15) is 12.4 Å². The highest BCUT2D eigenvalue weighted by atomic mass is 16.5. The molecule has 2 atom stereocenters. The van der Waals surface area contributed by atoms with Gasteiger partial charge in [0.15, 0.2) is 0 Å². The fourth-order valence-electron chi connectivity index (χ4n) is 2.66. The SMILES string of the molecule is C=CC1CC(=O)N(C(C)COc2c(C)cccc2C)C1. The number of hydrogen-bond donors (Lipinski definition) is 0. The molecule has 0 saturated carbocycles. The van der Waals surface area contributed by atoms with E-state index in [9.17, 15) is 4.79 Å². The lowest BCUT2D eigenvalue weighted by Crippen LogP contribution is -2.38. The molecule has 20 heavy (non-hydrogen) atoms. The van der Waals surface area contributed by atoms with Gasteiger partial charge in [-0.1, -0.05) is 24.3 Å². The largest absolute Gasteiger partial charge is 0.491 e. The molecule has 1 aliphatic rings. The van der Waals surface area contributed by atoms with E-state index in [0.29, 0.717) is 13.0 Å². The first-order valence-corrected chi connectivity index (χ1v) is 7.14. The van der Waals surface area contributed by atoms with Crippen LogP contribution >= 0.6 is 0 Å². The molecule has 1 amide bonds. The fraction of sp³-hybridized carbons (Fsp3) is 0.471. The van der Waals surface area contributed by atoms with Crippen LogP contribution in [-0.2, 0) is 4.79 Å². The zero-order chi connectivity index (χ0) is 14.7. The molecule has 0 aliphatic carbocycles. The maximum absolute atomic E-state index is 12.0. The molecule has 0 spiro atoms. The Morgan fingerprint density at radius 1 is 1.45 bits per heavy atom. The summed E-state index contributed by atoms with van der Waals surface area (Å²) in [6.07, 6.45) is 2.45. The Hall–Kier alpha value is -1.77. The molecule has 1 aromatic rings. The van der Waals surface area contributed by atoms with Crippen molar-refractivity contribution in [1.29, 1.82) is 0 Å². The summed E-state index contributed by atoms with van der Waals surface area (Å²) < 4.78 is 5.94. The van der Waals surface area contributed by atoms with E-state index in [0.717, 1.165) is 23.4 Å². The number of para-hydroxylation sites is 1. The van der Waals surface area contributed by atoms with Crippen molar-refractivity contribution in [2.45, 2.75) is 33.2 Å². The lowest BCUT2D eigenvalue weighted by atomic mass is 10.1. The summed E-state index contributed by atoms with van der Waals surface area (Å²) in [5, 5.41) is 0. The zero-order valence-corrected chi connectivity index (χ0v) is 12.6. The molecule has 0 bridgehead atoms. The zero-order valence-electron chi connectivity index (χ0n) is 12.6. The summed E-state index contributed by atoms with van der Waals surface area (Å²) in [4.78, 5) is 13.9. The third kappa shape index (κ3) is 3.03. The van der Waals surface area contributed by atoms with Crippen molar-refractivity contribution < 1.29 is 9.53 Å². The van der Waals surface area contributed by atoms with Crippen molar-refractivity contribution >= 4 is 5.91 Å². The normalized spacial score (nSPS) is 20.1. The highest BCUT2D eigenvalue weighted by molar-refractivity contribution is 5.79. The third-order valence-electron chi connectivity index (χ3n) is 3.93. The van der Waals surface area contributed by atoms with Gasteiger partial charge in [0.05, 0.1) is 6.04 Å². The van der Waals surface area contributed by atoms with Crippen LogP contribution in [-0.4, -0.2) is 30.0 Å². The van der Waals surface area contributed by atoms with Gasteiger partial charge in [-0.15, -0.1) is 6.58 Å². The second-order valence-corrected chi connectivity index (χ2v) is 5.63. The number of benzene rings is 1. The van der Waals surface area contributed by atoms with Gasteiger partial charge in [0, 0.05) is 18.9 Å². The van der Waals surface area contributed by atoms with Crippen LogP contribution in [0.2, 0.25) is 0 Å². The number of nitrogens with zero attached hydrogens (tertiary/aromatic N) is 1. The molecule has 2 rings (SSSR count). The first kappa shape index (κ1) is 14.6. The minimum Gasteiger partial charge on any atom is -0.491 e. The molecular formula is C17H23NO2. The first-order valence-electron chi connectivity index (χ1n) is 7.14. The van der Waals surface area contributed by atoms with Gasteiger partial charge in [-0.25, -0.2) is 0 Å². The molecule has 2 unspecified atom stereocenters. The van der Waals surface area contributed by atoms with Gasteiger partial charge in [-0.2, -0.15) is 0 Å². The summed E-state index contributed by atoms with van der Waals surface area (Å²) in [5.74, 6) is 1.42. The molecular weight excluding hydrogens is 250 g/mol. The van der Waals surface area contributed by atoms with Gasteiger partial charge in [-0.05, 0) is 31.9 Å². The number of hydrogen-bond acceptors (Lipinski definition) is 2. The van der Waals surface area contributed by atoms with Crippen molar-refractivity contribution in [3.8, 4) is 5.75 Å². The Labute approximate surface area is 121 Å². The van der Waals surface area contributed by atoms with E-state index in [-0.39, 0.29) is 17.9 Å². The van der Waals surface area contributed by atoms with E-state index in [1.54, 1.807) is 0 Å². The van der Waals surface area contributed by atoms with Crippen molar-refractivity contribution in [2.75, 3.05) is 13.2 Å². The maximum atomic E-state index is 12.0. The van der Waals surface area contributed by atoms with Crippen molar-refractivity contribution in [2.24, 2.45) is 5.92 Å². The summed E-state index contributed by atoms with van der Waals surface area (Å²) >= 11 is 0. The Morgan fingerprint density at radius 3 is 2.65 bits per heavy atom. The smallest absolute Gasteiger partial charge is 0.223 e. The Kier molecular flexibility index (Phi) is 4.48. The quantitative estimate of drug-likeness (QED) is 0.771. The van der Waals surface area contributed by atoms with E-state index in [4.69, 9.17) is 4.74 Å². The fourth-order valence-corrected chi connectivity index (χ4v) is 2.66. The van der Waals surface area contributed by atoms with Crippen molar-refractivity contribution in [3.63, 3.8) is 0 Å². The van der Waals surface area contributed by atoms with Crippen LogP contribution in [0.1, 0.15) is 24.5 Å². The number of rotatable bonds is 5. The lowest BCUT2D eigenvalue weighted by Gasteiger charge is -2.25. The van der Waals surface area contributed by atoms with Gasteiger partial charge < -0.3 is 9.64 Å². The molecule has 1 aliphatic heterocycles. The van der Waals surface area contributed by atoms with Gasteiger partial charge in [0.25, 0.3) is 0 Å². The topological polar surface area (TPSA) is 29.5 Å². The minimum atomic E-state index is 0.0893. The average Bonchev–Trinajstić information content (AvgIpc) is 2.79. The van der Waals surface area contributed by atoms with E-state index < -0.39 is 0 Å². The van der Waals surface area contributed by atoms with Crippen LogP contribution in [0.3, 0.4) is 0 Å². The predicted octanol–water partition coefficient (Wildman–Crippen LogP) is 3.11. The third-order valence-corrected chi connectivity index (χ3v) is 3.93. The number of aryl methyl sites for hydroxylation is 2. The monoisotopic (exact) mass is 273 g/mol. The Balaban J connectivity index is 1.97. The van der Waals surface area contributed by atoms with Crippen LogP contribution < -0.4 is 4.74 Å².